The van der Waals surface area contributed by atoms with Gasteiger partial charge in [0.2, 0.25) is 5.89 Å². The first-order chi connectivity index (χ1) is 7.08. The SMILES string of the molecule is Cc1cnc(CNC(=O)NCC(=O)O)o1. The highest BCUT2D eigenvalue weighted by molar-refractivity contribution is 5.79. The van der Waals surface area contributed by atoms with E-state index in [1.807, 2.05) is 0 Å². The Morgan fingerprint density at radius 1 is 1.53 bits per heavy atom. The van der Waals surface area contributed by atoms with Crippen molar-refractivity contribution in [1.29, 1.82) is 0 Å². The number of nitrogens with zero attached hydrogens (tertiary/aromatic N) is 1. The maximum absolute atomic E-state index is 11.0. The van der Waals surface area contributed by atoms with Crippen molar-refractivity contribution in [2.45, 2.75) is 13.5 Å². The normalized spacial score (nSPS) is 9.67. The highest BCUT2D eigenvalue weighted by Crippen LogP contribution is 1.99. The molecule has 0 aliphatic heterocycles. The van der Waals surface area contributed by atoms with Gasteiger partial charge in [-0.1, -0.05) is 0 Å². The van der Waals surface area contributed by atoms with Crippen LogP contribution in [0.15, 0.2) is 10.6 Å². The molecule has 2 amide bonds. The Kier molecular flexibility index (Phi) is 3.67. The molecule has 15 heavy (non-hydrogen) atoms. The van der Waals surface area contributed by atoms with Crippen LogP contribution in [0.4, 0.5) is 4.79 Å². The van der Waals surface area contributed by atoms with Gasteiger partial charge < -0.3 is 20.2 Å². The molecule has 0 saturated carbocycles. The van der Waals surface area contributed by atoms with E-state index < -0.39 is 18.5 Å². The number of carboxylic acids is 1. The maximum atomic E-state index is 11.0. The van der Waals surface area contributed by atoms with Gasteiger partial charge in [-0.15, -0.1) is 0 Å². The molecular weight excluding hydrogens is 202 g/mol. The summed E-state index contributed by atoms with van der Waals surface area (Å²) < 4.78 is 5.09. The van der Waals surface area contributed by atoms with Crippen LogP contribution in [0, 0.1) is 6.92 Å². The molecule has 0 bridgehead atoms. The van der Waals surface area contributed by atoms with Crippen LogP contribution >= 0.6 is 0 Å². The molecule has 7 heteroatoms. The summed E-state index contributed by atoms with van der Waals surface area (Å²) in [5.41, 5.74) is 0. The maximum Gasteiger partial charge on any atom is 0.323 e. The van der Waals surface area contributed by atoms with Gasteiger partial charge in [-0.25, -0.2) is 9.78 Å². The Hall–Kier alpha value is -2.05. The Morgan fingerprint density at radius 2 is 2.27 bits per heavy atom. The van der Waals surface area contributed by atoms with E-state index in [9.17, 15) is 9.59 Å². The lowest BCUT2D eigenvalue weighted by molar-refractivity contribution is -0.135. The summed E-state index contributed by atoms with van der Waals surface area (Å²) in [6, 6.07) is -0.576. The van der Waals surface area contributed by atoms with Gasteiger partial charge in [0.25, 0.3) is 0 Å². The molecule has 1 aromatic heterocycles. The van der Waals surface area contributed by atoms with Crippen LogP contribution in [-0.4, -0.2) is 28.6 Å². The molecule has 82 valence electrons. The summed E-state index contributed by atoms with van der Waals surface area (Å²) >= 11 is 0. The van der Waals surface area contributed by atoms with Gasteiger partial charge in [0, 0.05) is 0 Å². The third-order valence-corrected chi connectivity index (χ3v) is 1.47. The highest BCUT2D eigenvalue weighted by atomic mass is 16.4. The number of rotatable bonds is 4. The van der Waals surface area contributed by atoms with Crippen molar-refractivity contribution in [2.24, 2.45) is 0 Å². The van der Waals surface area contributed by atoms with E-state index >= 15 is 0 Å². The molecule has 1 rings (SSSR count). The molecule has 0 unspecified atom stereocenters. The van der Waals surface area contributed by atoms with Gasteiger partial charge in [0.05, 0.1) is 12.7 Å². The van der Waals surface area contributed by atoms with E-state index in [-0.39, 0.29) is 6.54 Å². The number of carbonyl (C=O) groups is 2. The second kappa shape index (κ2) is 4.99. The molecule has 1 aromatic rings. The number of oxazole rings is 1. The highest BCUT2D eigenvalue weighted by Gasteiger charge is 2.05. The molecule has 0 fully saturated rings. The lowest BCUT2D eigenvalue weighted by Crippen LogP contribution is -2.38. The average Bonchev–Trinajstić information content (AvgIpc) is 2.58. The molecule has 0 aliphatic carbocycles. The zero-order valence-electron chi connectivity index (χ0n) is 8.11. The molecule has 0 saturated heterocycles. The quantitative estimate of drug-likeness (QED) is 0.646. The van der Waals surface area contributed by atoms with Crippen LogP contribution < -0.4 is 10.6 Å². The molecule has 0 aromatic carbocycles. The Labute approximate surface area is 85.5 Å². The van der Waals surface area contributed by atoms with E-state index in [4.69, 9.17) is 9.52 Å². The summed E-state index contributed by atoms with van der Waals surface area (Å²) in [6.07, 6.45) is 1.53. The summed E-state index contributed by atoms with van der Waals surface area (Å²) in [5, 5.41) is 12.8. The molecule has 0 spiro atoms. The van der Waals surface area contributed by atoms with Gasteiger partial charge in [0.1, 0.15) is 12.3 Å². The van der Waals surface area contributed by atoms with E-state index in [0.29, 0.717) is 11.7 Å². The number of urea groups is 1. The summed E-state index contributed by atoms with van der Waals surface area (Å²) in [7, 11) is 0. The van der Waals surface area contributed by atoms with Crippen molar-refractivity contribution >= 4 is 12.0 Å². The van der Waals surface area contributed by atoms with Crippen molar-refractivity contribution in [2.75, 3.05) is 6.54 Å². The lowest BCUT2D eigenvalue weighted by atomic mass is 10.6. The average molecular weight is 213 g/mol. The zero-order chi connectivity index (χ0) is 11.3. The zero-order valence-corrected chi connectivity index (χ0v) is 8.11. The molecule has 1 heterocycles. The minimum Gasteiger partial charge on any atom is -0.480 e. The van der Waals surface area contributed by atoms with E-state index in [0.717, 1.165) is 0 Å². The van der Waals surface area contributed by atoms with E-state index in [2.05, 4.69) is 15.6 Å². The first kappa shape index (κ1) is 11.0. The van der Waals surface area contributed by atoms with Gasteiger partial charge >= 0.3 is 12.0 Å². The largest absolute Gasteiger partial charge is 0.480 e. The predicted molar refractivity (Wildman–Crippen MR) is 49.1 cm³/mol. The Balaban J connectivity index is 2.25. The molecule has 7 nitrogen and oxygen atoms in total. The second-order valence-corrected chi connectivity index (χ2v) is 2.79. The van der Waals surface area contributed by atoms with Crippen LogP contribution in [0.2, 0.25) is 0 Å². The van der Waals surface area contributed by atoms with E-state index in [1.165, 1.54) is 6.20 Å². The minimum absolute atomic E-state index is 0.124. The third kappa shape index (κ3) is 4.12. The topological polar surface area (TPSA) is 104 Å². The van der Waals surface area contributed by atoms with Crippen LogP contribution in [0.1, 0.15) is 11.7 Å². The van der Waals surface area contributed by atoms with E-state index in [1.54, 1.807) is 6.92 Å². The van der Waals surface area contributed by atoms with Crippen LogP contribution in [0.5, 0.6) is 0 Å². The lowest BCUT2D eigenvalue weighted by Gasteiger charge is -2.02. The summed E-state index contributed by atoms with van der Waals surface area (Å²) in [4.78, 5) is 24.9. The number of hydrogen-bond acceptors (Lipinski definition) is 4. The van der Waals surface area contributed by atoms with Crippen LogP contribution in [0.3, 0.4) is 0 Å². The number of amides is 2. The monoisotopic (exact) mass is 213 g/mol. The van der Waals surface area contributed by atoms with Crippen molar-refractivity contribution < 1.29 is 19.1 Å². The van der Waals surface area contributed by atoms with Gasteiger partial charge in [-0.3, -0.25) is 4.79 Å². The smallest absolute Gasteiger partial charge is 0.323 e. The first-order valence-electron chi connectivity index (χ1n) is 4.22. The Morgan fingerprint density at radius 3 is 2.80 bits per heavy atom. The van der Waals surface area contributed by atoms with Crippen molar-refractivity contribution in [3.05, 3.63) is 17.8 Å². The van der Waals surface area contributed by atoms with Crippen molar-refractivity contribution in [3.8, 4) is 0 Å². The number of aromatic nitrogens is 1. The fourth-order valence-electron chi connectivity index (χ4n) is 0.857. The predicted octanol–water partition coefficient (Wildman–Crippen LogP) is -0.133. The van der Waals surface area contributed by atoms with Gasteiger partial charge in [-0.05, 0) is 6.92 Å². The standard InChI is InChI=1S/C8H11N3O4/c1-5-2-9-6(15-5)3-10-8(14)11-4-7(12)13/h2H,3-4H2,1H3,(H,12,13)(H2,10,11,14). The summed E-state index contributed by atoms with van der Waals surface area (Å²) in [6.45, 7) is 1.44. The van der Waals surface area contributed by atoms with Gasteiger partial charge in [-0.2, -0.15) is 0 Å². The second-order valence-electron chi connectivity index (χ2n) is 2.79. The number of hydrogen-bond donors (Lipinski definition) is 3. The number of carboxylic acid groups (broad SMARTS) is 1. The van der Waals surface area contributed by atoms with Crippen molar-refractivity contribution in [3.63, 3.8) is 0 Å². The summed E-state index contributed by atoms with van der Waals surface area (Å²) in [5.74, 6) is -0.0761. The Bertz CT molecular complexity index is 361. The number of carbonyl (C=O) groups excluding carboxylic acids is 1. The molecular formula is C8H11N3O4. The van der Waals surface area contributed by atoms with Crippen LogP contribution in [0.25, 0.3) is 0 Å². The fourth-order valence-corrected chi connectivity index (χ4v) is 0.857. The number of aliphatic carboxylic acids is 1. The third-order valence-electron chi connectivity index (χ3n) is 1.47. The molecule has 0 atom stereocenters. The fraction of sp³-hybridized carbons (Fsp3) is 0.375. The van der Waals surface area contributed by atoms with Gasteiger partial charge in [0.15, 0.2) is 0 Å². The minimum atomic E-state index is -1.10. The molecule has 0 aliphatic rings. The number of nitrogens with one attached hydrogen (secondary N) is 2. The van der Waals surface area contributed by atoms with Crippen molar-refractivity contribution in [1.82, 2.24) is 15.6 Å². The van der Waals surface area contributed by atoms with Crippen LogP contribution in [-0.2, 0) is 11.3 Å². The first-order valence-corrected chi connectivity index (χ1v) is 4.22. The number of aryl methyl sites for hydroxylation is 1. The molecule has 0 radical (unpaired) electrons. The molecule has 3 N–H and O–H groups in total.